The Labute approximate surface area is 170 Å². The molecule has 1 spiro atoms. The summed E-state index contributed by atoms with van der Waals surface area (Å²) in [5, 5.41) is 5.73. The Morgan fingerprint density at radius 3 is 1.38 bits per heavy atom. The zero-order valence-electron chi connectivity index (χ0n) is 16.3. The van der Waals surface area contributed by atoms with Crippen LogP contribution in [0.3, 0.4) is 0 Å². The van der Waals surface area contributed by atoms with Gasteiger partial charge in [-0.2, -0.15) is 0 Å². The summed E-state index contributed by atoms with van der Waals surface area (Å²) < 4.78 is 48.1. The highest BCUT2D eigenvalue weighted by atomic mass is 31.2. The van der Waals surface area contributed by atoms with Gasteiger partial charge in [0.15, 0.2) is 0 Å². The first-order valence-corrected chi connectivity index (χ1v) is 12.4. The fraction of sp³-hybridized carbons (Fsp3) is 0.368. The van der Waals surface area contributed by atoms with E-state index in [0.29, 0.717) is 11.4 Å². The molecule has 29 heavy (non-hydrogen) atoms. The smallest absolute Gasteiger partial charge is 0.293 e. The summed E-state index contributed by atoms with van der Waals surface area (Å²) in [7, 11) is -6.99. The third-order valence-corrected chi connectivity index (χ3v) is 7.87. The number of aryl methyl sites for hydroxylation is 2. The lowest BCUT2D eigenvalue weighted by Crippen LogP contribution is -2.46. The molecule has 2 aliphatic heterocycles. The number of nitrogens with one attached hydrogen (secondary N) is 2. The molecular formula is C19H24N2O6P2. The van der Waals surface area contributed by atoms with Crippen LogP contribution in [0.5, 0.6) is 0 Å². The van der Waals surface area contributed by atoms with Crippen molar-refractivity contribution in [3.63, 3.8) is 0 Å². The van der Waals surface area contributed by atoms with Crippen molar-refractivity contribution < 1.29 is 27.2 Å². The number of benzene rings is 2. The molecule has 2 N–H and O–H groups in total. The molecule has 8 nitrogen and oxygen atoms in total. The Balaban J connectivity index is 1.37. The van der Waals surface area contributed by atoms with Crippen LogP contribution < -0.4 is 10.2 Å². The van der Waals surface area contributed by atoms with Gasteiger partial charge in [-0.25, -0.2) is 9.13 Å². The summed E-state index contributed by atoms with van der Waals surface area (Å²) in [6.07, 6.45) is 0. The Morgan fingerprint density at radius 1 is 0.690 bits per heavy atom. The quantitative estimate of drug-likeness (QED) is 0.635. The molecule has 0 radical (unpaired) electrons. The number of anilines is 2. The molecule has 2 fully saturated rings. The van der Waals surface area contributed by atoms with E-state index in [9.17, 15) is 9.13 Å². The third-order valence-electron chi connectivity index (χ3n) is 4.97. The molecule has 156 valence electrons. The zero-order valence-corrected chi connectivity index (χ0v) is 18.1. The van der Waals surface area contributed by atoms with Crippen molar-refractivity contribution in [3.8, 4) is 0 Å². The van der Waals surface area contributed by atoms with Crippen molar-refractivity contribution in [2.24, 2.45) is 5.41 Å². The van der Waals surface area contributed by atoms with Crippen LogP contribution in [0, 0.1) is 19.3 Å². The standard InChI is InChI=1S/C19H24N2O6P2/c1-15-7-3-5-9-17(15)20-28(22)24-11-19(12-25-28)13-26-29(23,27-14-19)21-18-10-6-4-8-16(18)2/h3-10H,11-14H2,1-2H3,(H,20,22)(H,21,23). The summed E-state index contributed by atoms with van der Waals surface area (Å²) in [4.78, 5) is 0. The van der Waals surface area contributed by atoms with E-state index in [4.69, 9.17) is 18.1 Å². The van der Waals surface area contributed by atoms with Crippen LogP contribution >= 0.6 is 15.5 Å². The highest BCUT2D eigenvalue weighted by Crippen LogP contribution is 2.58. The van der Waals surface area contributed by atoms with Crippen LogP contribution in [0.2, 0.25) is 0 Å². The van der Waals surface area contributed by atoms with Gasteiger partial charge in [-0.1, -0.05) is 36.4 Å². The van der Waals surface area contributed by atoms with E-state index in [1.54, 1.807) is 0 Å². The first-order chi connectivity index (χ1) is 13.8. The minimum absolute atomic E-state index is 0.105. The van der Waals surface area contributed by atoms with Gasteiger partial charge in [0.1, 0.15) is 0 Å². The third kappa shape index (κ3) is 4.58. The Bertz CT molecular complexity index is 891. The second-order valence-corrected chi connectivity index (χ2v) is 10.9. The second-order valence-electron chi connectivity index (χ2n) is 7.44. The van der Waals surface area contributed by atoms with Crippen LogP contribution in [0.25, 0.3) is 0 Å². The van der Waals surface area contributed by atoms with Crippen molar-refractivity contribution >= 4 is 26.9 Å². The first-order valence-electron chi connectivity index (χ1n) is 9.27. The number of rotatable bonds is 4. The molecule has 2 aromatic rings. The lowest BCUT2D eigenvalue weighted by atomic mass is 9.93. The summed E-state index contributed by atoms with van der Waals surface area (Å²) in [5.41, 5.74) is 2.58. The molecule has 0 unspecified atom stereocenters. The SMILES string of the molecule is Cc1ccccc1NP1(=O)OCC2(CO1)COP(=O)(Nc1ccccc1C)OC2. The van der Waals surface area contributed by atoms with Gasteiger partial charge >= 0.3 is 15.5 Å². The summed E-state index contributed by atoms with van der Waals surface area (Å²) in [5.74, 6) is 0. The van der Waals surface area contributed by atoms with Gasteiger partial charge in [-0.15, -0.1) is 0 Å². The van der Waals surface area contributed by atoms with E-state index in [1.165, 1.54) is 0 Å². The Hall–Kier alpha value is -1.66. The largest absolute Gasteiger partial charge is 0.432 e. The van der Waals surface area contributed by atoms with Crippen molar-refractivity contribution in [2.75, 3.05) is 36.6 Å². The molecule has 2 aromatic carbocycles. The van der Waals surface area contributed by atoms with Gasteiger partial charge in [0.2, 0.25) is 0 Å². The highest BCUT2D eigenvalue weighted by molar-refractivity contribution is 7.55. The van der Waals surface area contributed by atoms with Crippen molar-refractivity contribution in [1.29, 1.82) is 0 Å². The lowest BCUT2D eigenvalue weighted by molar-refractivity contribution is -0.0667. The molecule has 2 heterocycles. The minimum Gasteiger partial charge on any atom is -0.293 e. The molecule has 10 heteroatoms. The fourth-order valence-electron chi connectivity index (χ4n) is 3.03. The Kier molecular flexibility index (Phi) is 5.60. The van der Waals surface area contributed by atoms with E-state index in [1.807, 2.05) is 62.4 Å². The van der Waals surface area contributed by atoms with Gasteiger partial charge in [-0.05, 0) is 37.1 Å². The molecule has 2 aliphatic rings. The average Bonchev–Trinajstić information content (AvgIpc) is 2.71. The van der Waals surface area contributed by atoms with Crippen LogP contribution in [0.1, 0.15) is 11.1 Å². The van der Waals surface area contributed by atoms with Gasteiger partial charge in [0.05, 0.1) is 31.8 Å². The maximum absolute atomic E-state index is 12.9. The van der Waals surface area contributed by atoms with E-state index < -0.39 is 20.9 Å². The molecule has 0 aliphatic carbocycles. The molecule has 0 aromatic heterocycles. The summed E-state index contributed by atoms with van der Waals surface area (Å²) in [6, 6.07) is 14.9. The van der Waals surface area contributed by atoms with Crippen LogP contribution in [-0.4, -0.2) is 26.4 Å². The second kappa shape index (κ2) is 7.88. The summed E-state index contributed by atoms with van der Waals surface area (Å²) >= 11 is 0. The van der Waals surface area contributed by atoms with Crippen molar-refractivity contribution in [3.05, 3.63) is 59.7 Å². The molecular weight excluding hydrogens is 414 g/mol. The van der Waals surface area contributed by atoms with Gasteiger partial charge < -0.3 is 0 Å². The van der Waals surface area contributed by atoms with Crippen LogP contribution in [-0.2, 0) is 27.2 Å². The number of hydrogen-bond donors (Lipinski definition) is 2. The predicted octanol–water partition coefficient (Wildman–Crippen LogP) is 5.12. The molecule has 0 bridgehead atoms. The van der Waals surface area contributed by atoms with E-state index in [0.717, 1.165) is 11.1 Å². The zero-order chi connectivity index (χ0) is 20.5. The molecule has 4 rings (SSSR count). The van der Waals surface area contributed by atoms with Crippen LogP contribution in [0.15, 0.2) is 48.5 Å². The van der Waals surface area contributed by atoms with Crippen LogP contribution in [0.4, 0.5) is 11.4 Å². The maximum atomic E-state index is 12.9. The monoisotopic (exact) mass is 438 g/mol. The maximum Gasteiger partial charge on any atom is 0.432 e. The molecule has 0 amide bonds. The van der Waals surface area contributed by atoms with E-state index in [2.05, 4.69) is 10.2 Å². The topological polar surface area (TPSA) is 95.1 Å². The first kappa shape index (κ1) is 20.6. The fourth-order valence-corrected chi connectivity index (χ4v) is 6.31. The van der Waals surface area contributed by atoms with E-state index >= 15 is 0 Å². The molecule has 0 atom stereocenters. The van der Waals surface area contributed by atoms with Crippen molar-refractivity contribution in [2.45, 2.75) is 13.8 Å². The highest BCUT2D eigenvalue weighted by Gasteiger charge is 2.49. The summed E-state index contributed by atoms with van der Waals surface area (Å²) in [6.45, 7) is 4.23. The Morgan fingerprint density at radius 2 is 1.03 bits per heavy atom. The van der Waals surface area contributed by atoms with E-state index in [-0.39, 0.29) is 26.4 Å². The van der Waals surface area contributed by atoms with Gasteiger partial charge in [-0.3, -0.25) is 28.3 Å². The van der Waals surface area contributed by atoms with Gasteiger partial charge in [0, 0.05) is 11.4 Å². The number of para-hydroxylation sites is 2. The predicted molar refractivity (Wildman–Crippen MR) is 111 cm³/mol. The molecule has 2 saturated heterocycles. The molecule has 0 saturated carbocycles. The minimum atomic E-state index is -3.49. The average molecular weight is 438 g/mol. The lowest BCUT2D eigenvalue weighted by Gasteiger charge is -2.42. The normalized spacial score (nSPS) is 32.1. The number of hydrogen-bond acceptors (Lipinski definition) is 6. The van der Waals surface area contributed by atoms with Gasteiger partial charge in [0.25, 0.3) is 0 Å². The van der Waals surface area contributed by atoms with Crippen molar-refractivity contribution in [1.82, 2.24) is 0 Å².